The van der Waals surface area contributed by atoms with Crippen molar-refractivity contribution >= 4 is 11.8 Å². The summed E-state index contributed by atoms with van der Waals surface area (Å²) in [4.78, 5) is 30.7. The van der Waals surface area contributed by atoms with E-state index in [1.807, 2.05) is 35.2 Å². The van der Waals surface area contributed by atoms with Crippen LogP contribution in [0.1, 0.15) is 40.7 Å². The fourth-order valence-electron chi connectivity index (χ4n) is 4.68. The maximum absolute atomic E-state index is 13.5. The first-order valence-corrected chi connectivity index (χ1v) is 11.6. The molecule has 0 saturated carbocycles. The van der Waals surface area contributed by atoms with Crippen LogP contribution in [0.3, 0.4) is 0 Å². The molecule has 1 aromatic heterocycles. The Kier molecular flexibility index (Phi) is 6.92. The van der Waals surface area contributed by atoms with Gasteiger partial charge >= 0.3 is 0 Å². The number of benzene rings is 2. The normalized spacial score (nSPS) is 16.7. The highest BCUT2D eigenvalue weighted by molar-refractivity contribution is 5.96. The lowest BCUT2D eigenvalue weighted by molar-refractivity contribution is -0.134. The van der Waals surface area contributed by atoms with E-state index in [1.54, 1.807) is 18.7 Å². The molecule has 0 radical (unpaired) electrons. The summed E-state index contributed by atoms with van der Waals surface area (Å²) in [5.41, 5.74) is 4.47. The molecule has 2 aromatic carbocycles. The lowest BCUT2D eigenvalue weighted by Gasteiger charge is -2.24. The molecule has 0 aliphatic carbocycles. The Hall–Kier alpha value is -3.41. The summed E-state index contributed by atoms with van der Waals surface area (Å²) < 4.78 is 5.23. The smallest absolute Gasteiger partial charge is 0.259 e. The molecule has 0 spiro atoms. The van der Waals surface area contributed by atoms with E-state index in [0.29, 0.717) is 49.6 Å². The number of hydrogen-bond donors (Lipinski definition) is 0. The number of carbonyl (C=O) groups excluding carboxylic acids is 2. The highest BCUT2D eigenvalue weighted by atomic mass is 16.5. The van der Waals surface area contributed by atoms with Gasteiger partial charge in [0.2, 0.25) is 5.91 Å². The summed E-state index contributed by atoms with van der Waals surface area (Å²) in [5.74, 6) is 0.213. The molecule has 1 aliphatic heterocycles. The van der Waals surface area contributed by atoms with Crippen molar-refractivity contribution in [3.63, 3.8) is 0 Å². The molecule has 1 saturated heterocycles. The van der Waals surface area contributed by atoms with Gasteiger partial charge in [-0.2, -0.15) is 0 Å². The minimum Gasteiger partial charge on any atom is -0.361 e. The maximum Gasteiger partial charge on any atom is 0.259 e. The van der Waals surface area contributed by atoms with Crippen LogP contribution in [0.25, 0.3) is 11.1 Å². The highest BCUT2D eigenvalue weighted by Crippen LogP contribution is 2.28. The quantitative estimate of drug-likeness (QED) is 0.560. The topological polar surface area (TPSA) is 66.7 Å². The summed E-state index contributed by atoms with van der Waals surface area (Å²) >= 11 is 0. The lowest BCUT2D eigenvalue weighted by atomic mass is 9.91. The van der Waals surface area contributed by atoms with Gasteiger partial charge in [0, 0.05) is 26.2 Å². The second-order valence-electron chi connectivity index (χ2n) is 8.70. The van der Waals surface area contributed by atoms with Crippen LogP contribution < -0.4 is 0 Å². The second-order valence-corrected chi connectivity index (χ2v) is 8.70. The third-order valence-corrected chi connectivity index (χ3v) is 6.34. The van der Waals surface area contributed by atoms with Crippen molar-refractivity contribution < 1.29 is 14.1 Å². The van der Waals surface area contributed by atoms with E-state index in [4.69, 9.17) is 4.52 Å². The maximum atomic E-state index is 13.5. The van der Waals surface area contributed by atoms with Gasteiger partial charge in [0.05, 0.1) is 11.6 Å². The monoisotopic (exact) mass is 445 g/mol. The van der Waals surface area contributed by atoms with Gasteiger partial charge < -0.3 is 14.3 Å². The summed E-state index contributed by atoms with van der Waals surface area (Å²) in [5, 5.41) is 3.95. The summed E-state index contributed by atoms with van der Waals surface area (Å²) in [7, 11) is 0. The third kappa shape index (κ3) is 4.85. The third-order valence-electron chi connectivity index (χ3n) is 6.34. The van der Waals surface area contributed by atoms with Gasteiger partial charge in [-0.3, -0.25) is 9.59 Å². The van der Waals surface area contributed by atoms with Crippen LogP contribution in [0, 0.1) is 19.8 Å². The number of nitrogens with zero attached hydrogens (tertiary/aromatic N) is 3. The molecule has 1 atom stereocenters. The van der Waals surface area contributed by atoms with Crippen LogP contribution in [-0.4, -0.2) is 52.9 Å². The van der Waals surface area contributed by atoms with E-state index in [0.717, 1.165) is 23.1 Å². The summed E-state index contributed by atoms with van der Waals surface area (Å²) in [6.45, 7) is 7.74. The molecule has 6 heteroatoms. The van der Waals surface area contributed by atoms with E-state index >= 15 is 0 Å². The lowest BCUT2D eigenvalue weighted by Crippen LogP contribution is -2.38. The van der Waals surface area contributed by atoms with Crippen LogP contribution >= 0.6 is 0 Å². The Bertz CT molecular complexity index is 1100. The van der Waals surface area contributed by atoms with Crippen molar-refractivity contribution in [1.82, 2.24) is 15.0 Å². The number of aryl methyl sites for hydroxylation is 2. The molecule has 3 aromatic rings. The number of carbonyl (C=O) groups is 2. The molecular formula is C27H31N3O3. The Morgan fingerprint density at radius 1 is 1.06 bits per heavy atom. The Balaban J connectivity index is 1.65. The first-order valence-electron chi connectivity index (χ1n) is 11.6. The van der Waals surface area contributed by atoms with Crippen molar-refractivity contribution in [2.24, 2.45) is 5.92 Å². The number of rotatable bonds is 6. The van der Waals surface area contributed by atoms with E-state index in [9.17, 15) is 9.59 Å². The molecule has 0 bridgehead atoms. The molecule has 0 unspecified atom stereocenters. The van der Waals surface area contributed by atoms with Crippen LogP contribution in [0.4, 0.5) is 0 Å². The van der Waals surface area contributed by atoms with Gasteiger partial charge in [-0.1, -0.05) is 66.7 Å². The van der Waals surface area contributed by atoms with Gasteiger partial charge in [-0.25, -0.2) is 0 Å². The van der Waals surface area contributed by atoms with Gasteiger partial charge in [-0.05, 0) is 43.4 Å². The van der Waals surface area contributed by atoms with Crippen molar-refractivity contribution in [3.05, 3.63) is 77.2 Å². The molecule has 4 rings (SSSR count). The standard InChI is InChI=1S/C27H31N3O3/c1-4-14-29-15-16-30(27(32)25-19(2)28-33-20(25)3)18-23(26(29)31)17-22-12-8-9-13-24(22)21-10-6-5-7-11-21/h5-13,23H,4,14-18H2,1-3H3/t23-/m0/s1. The molecule has 0 N–H and O–H groups in total. The first kappa shape index (κ1) is 22.8. The fourth-order valence-corrected chi connectivity index (χ4v) is 4.68. The van der Waals surface area contributed by atoms with Crippen LogP contribution in [0.2, 0.25) is 0 Å². The fraction of sp³-hybridized carbons (Fsp3) is 0.370. The van der Waals surface area contributed by atoms with Crippen LogP contribution in [0.5, 0.6) is 0 Å². The van der Waals surface area contributed by atoms with E-state index < -0.39 is 0 Å². The van der Waals surface area contributed by atoms with Crippen molar-refractivity contribution in [2.45, 2.75) is 33.6 Å². The Morgan fingerprint density at radius 3 is 2.48 bits per heavy atom. The molecule has 2 amide bonds. The van der Waals surface area contributed by atoms with Gasteiger partial charge in [-0.15, -0.1) is 0 Å². The van der Waals surface area contributed by atoms with E-state index in [1.165, 1.54) is 0 Å². The largest absolute Gasteiger partial charge is 0.361 e. The van der Waals surface area contributed by atoms with Crippen molar-refractivity contribution in [3.8, 4) is 11.1 Å². The average molecular weight is 446 g/mol. The Morgan fingerprint density at radius 2 is 1.79 bits per heavy atom. The van der Waals surface area contributed by atoms with Crippen LogP contribution in [-0.2, 0) is 11.2 Å². The molecule has 2 heterocycles. The number of hydrogen-bond acceptors (Lipinski definition) is 4. The molecule has 172 valence electrons. The van der Waals surface area contributed by atoms with Gasteiger partial charge in [0.25, 0.3) is 5.91 Å². The minimum absolute atomic E-state index is 0.112. The predicted molar refractivity (Wildman–Crippen MR) is 128 cm³/mol. The van der Waals surface area contributed by atoms with E-state index in [-0.39, 0.29) is 17.7 Å². The summed E-state index contributed by atoms with van der Waals surface area (Å²) in [6, 6.07) is 18.5. The number of amides is 2. The first-order chi connectivity index (χ1) is 16.0. The zero-order valence-corrected chi connectivity index (χ0v) is 19.6. The zero-order chi connectivity index (χ0) is 23.4. The second kappa shape index (κ2) is 10.0. The van der Waals surface area contributed by atoms with Gasteiger partial charge in [0.15, 0.2) is 0 Å². The molecular weight excluding hydrogens is 414 g/mol. The number of aromatic nitrogens is 1. The summed E-state index contributed by atoms with van der Waals surface area (Å²) in [6.07, 6.45) is 1.46. The molecule has 1 fully saturated rings. The highest BCUT2D eigenvalue weighted by Gasteiger charge is 2.34. The minimum atomic E-state index is -0.312. The van der Waals surface area contributed by atoms with Crippen LogP contribution in [0.15, 0.2) is 59.1 Å². The average Bonchev–Trinajstić information content (AvgIpc) is 3.09. The SMILES string of the molecule is CCCN1CCN(C(=O)c2c(C)noc2C)C[C@H](Cc2ccccc2-c2ccccc2)C1=O. The molecule has 6 nitrogen and oxygen atoms in total. The molecule has 33 heavy (non-hydrogen) atoms. The Labute approximate surface area is 195 Å². The van der Waals surface area contributed by atoms with E-state index in [2.05, 4.69) is 36.3 Å². The zero-order valence-electron chi connectivity index (χ0n) is 19.6. The van der Waals surface area contributed by atoms with Gasteiger partial charge in [0.1, 0.15) is 11.3 Å². The van der Waals surface area contributed by atoms with Crippen molar-refractivity contribution in [1.29, 1.82) is 0 Å². The predicted octanol–water partition coefficient (Wildman–Crippen LogP) is 4.51. The molecule has 1 aliphatic rings. The van der Waals surface area contributed by atoms with Crippen molar-refractivity contribution in [2.75, 3.05) is 26.2 Å².